The first-order valence-electron chi connectivity index (χ1n) is 6.71. The van der Waals surface area contributed by atoms with E-state index in [9.17, 15) is 13.2 Å². The largest absolute Gasteiger partial charge is 0.494 e. The molecule has 2 rings (SSSR count). The van der Waals surface area contributed by atoms with Gasteiger partial charge in [-0.2, -0.15) is 0 Å². The van der Waals surface area contributed by atoms with E-state index in [1.54, 1.807) is 12.1 Å². The highest BCUT2D eigenvalue weighted by Crippen LogP contribution is 2.17. The maximum atomic E-state index is 12.2. The highest BCUT2D eigenvalue weighted by Gasteiger charge is 2.20. The number of amides is 1. The minimum Gasteiger partial charge on any atom is -0.494 e. The molecule has 0 unspecified atom stereocenters. The normalized spacial score (nSPS) is 11.2. The Hall–Kier alpha value is -1.93. The number of hydrogen-bond acceptors (Lipinski definition) is 6. The van der Waals surface area contributed by atoms with Crippen molar-refractivity contribution in [2.45, 2.75) is 25.2 Å². The number of carbonyl (C=O) groups excluding carboxylic acids is 1. The van der Waals surface area contributed by atoms with Gasteiger partial charge in [0.2, 0.25) is 0 Å². The Morgan fingerprint density at radius 1 is 1.27 bits per heavy atom. The molecule has 1 aromatic heterocycles. The molecule has 0 aliphatic heterocycles. The van der Waals surface area contributed by atoms with E-state index in [1.807, 2.05) is 18.6 Å². The van der Waals surface area contributed by atoms with Crippen LogP contribution in [0, 0.1) is 0 Å². The van der Waals surface area contributed by atoms with Gasteiger partial charge < -0.3 is 4.74 Å². The van der Waals surface area contributed by atoms with Gasteiger partial charge in [0.05, 0.1) is 22.7 Å². The van der Waals surface area contributed by atoms with Crippen molar-refractivity contribution in [3.63, 3.8) is 0 Å². The zero-order valence-corrected chi connectivity index (χ0v) is 13.8. The molecule has 118 valence electrons. The van der Waals surface area contributed by atoms with E-state index in [-0.39, 0.29) is 9.77 Å². The fraction of sp³-hybridized carbons (Fsp3) is 0.286. The second-order valence-corrected chi connectivity index (χ2v) is 7.11. The Balaban J connectivity index is 2.14. The van der Waals surface area contributed by atoms with Crippen LogP contribution in [0.15, 0.2) is 35.4 Å². The Morgan fingerprint density at radius 3 is 2.50 bits per heavy atom. The third-order valence-corrected chi connectivity index (χ3v) is 5.24. The highest BCUT2D eigenvalue weighted by atomic mass is 32.2. The molecule has 2 aromatic rings. The molecular weight excluding hydrogens is 324 g/mol. The van der Waals surface area contributed by atoms with Crippen molar-refractivity contribution in [2.24, 2.45) is 0 Å². The number of aryl methyl sites for hydroxylation is 1. The number of nitrogens with zero attached hydrogens (tertiary/aromatic N) is 1. The number of sulfonamides is 1. The van der Waals surface area contributed by atoms with E-state index in [1.165, 1.54) is 29.7 Å². The van der Waals surface area contributed by atoms with Crippen molar-refractivity contribution in [1.29, 1.82) is 0 Å². The first-order valence-corrected chi connectivity index (χ1v) is 9.01. The molecule has 8 heteroatoms. The van der Waals surface area contributed by atoms with Crippen molar-refractivity contribution >= 4 is 27.3 Å². The smallest absolute Gasteiger partial charge is 0.276 e. The molecule has 1 heterocycles. The Kier molecular flexibility index (Phi) is 5.15. The molecule has 1 amide bonds. The van der Waals surface area contributed by atoms with Gasteiger partial charge in [0.15, 0.2) is 0 Å². The average Bonchev–Trinajstić information content (AvgIpc) is 2.97. The van der Waals surface area contributed by atoms with E-state index < -0.39 is 15.9 Å². The number of hydrogen-bond donors (Lipinski definition) is 1. The van der Waals surface area contributed by atoms with Gasteiger partial charge in [-0.3, -0.25) is 4.79 Å². The summed E-state index contributed by atoms with van der Waals surface area (Å²) in [6, 6.07) is 5.88. The standard InChI is InChI=1S/C14H16N2O4S2/c1-3-13-15-9-12(21-13)14(17)16-22(18,19)11-7-5-10(6-8-11)20-4-2/h5-9H,3-4H2,1-2H3,(H,16,17). The molecule has 0 aliphatic carbocycles. The van der Waals surface area contributed by atoms with Gasteiger partial charge in [0.25, 0.3) is 15.9 Å². The summed E-state index contributed by atoms with van der Waals surface area (Å²) >= 11 is 1.18. The molecule has 22 heavy (non-hydrogen) atoms. The minimum absolute atomic E-state index is 0.00420. The van der Waals surface area contributed by atoms with Gasteiger partial charge in [-0.25, -0.2) is 18.1 Å². The molecule has 0 radical (unpaired) electrons. The average molecular weight is 340 g/mol. The SMILES string of the molecule is CCOc1ccc(S(=O)(=O)NC(=O)c2cnc(CC)s2)cc1. The summed E-state index contributed by atoms with van der Waals surface area (Å²) in [4.78, 5) is 16.3. The van der Waals surface area contributed by atoms with Crippen LogP contribution in [-0.2, 0) is 16.4 Å². The molecule has 1 aromatic carbocycles. The summed E-state index contributed by atoms with van der Waals surface area (Å²) in [5.74, 6) is -0.103. The Bertz CT molecular complexity index is 751. The monoisotopic (exact) mass is 340 g/mol. The lowest BCUT2D eigenvalue weighted by Gasteiger charge is -2.07. The molecule has 0 bridgehead atoms. The Morgan fingerprint density at radius 2 is 1.95 bits per heavy atom. The fourth-order valence-electron chi connectivity index (χ4n) is 1.69. The van der Waals surface area contributed by atoms with Crippen LogP contribution in [0.2, 0.25) is 0 Å². The number of ether oxygens (including phenoxy) is 1. The van der Waals surface area contributed by atoms with Crippen LogP contribution >= 0.6 is 11.3 Å². The molecule has 0 saturated carbocycles. The van der Waals surface area contributed by atoms with Gasteiger partial charge in [0, 0.05) is 0 Å². The molecule has 6 nitrogen and oxygen atoms in total. The zero-order chi connectivity index (χ0) is 16.2. The van der Waals surface area contributed by atoms with Crippen molar-refractivity contribution in [1.82, 2.24) is 9.71 Å². The predicted molar refractivity (Wildman–Crippen MR) is 83.8 cm³/mol. The van der Waals surface area contributed by atoms with Crippen LogP contribution < -0.4 is 9.46 Å². The van der Waals surface area contributed by atoms with Crippen molar-refractivity contribution < 1.29 is 17.9 Å². The first-order chi connectivity index (χ1) is 10.5. The van der Waals surface area contributed by atoms with Gasteiger partial charge in [-0.1, -0.05) is 6.92 Å². The molecule has 0 fully saturated rings. The van der Waals surface area contributed by atoms with Crippen LogP contribution in [0.3, 0.4) is 0 Å². The van der Waals surface area contributed by atoms with Crippen LogP contribution in [0.5, 0.6) is 5.75 Å². The summed E-state index contributed by atoms with van der Waals surface area (Å²) in [6.07, 6.45) is 2.08. The number of benzene rings is 1. The molecular formula is C14H16N2O4S2. The fourth-order valence-corrected chi connectivity index (χ4v) is 3.48. The van der Waals surface area contributed by atoms with Gasteiger partial charge in [-0.05, 0) is 37.6 Å². The van der Waals surface area contributed by atoms with Crippen LogP contribution in [0.1, 0.15) is 28.5 Å². The van der Waals surface area contributed by atoms with E-state index in [0.29, 0.717) is 18.8 Å². The molecule has 0 atom stereocenters. The lowest BCUT2D eigenvalue weighted by molar-refractivity contribution is 0.0985. The van der Waals surface area contributed by atoms with Crippen LogP contribution in [-0.4, -0.2) is 25.9 Å². The number of aromatic nitrogens is 1. The van der Waals surface area contributed by atoms with Gasteiger partial charge in [0.1, 0.15) is 10.6 Å². The summed E-state index contributed by atoms with van der Waals surface area (Å²) in [7, 11) is -3.91. The maximum Gasteiger partial charge on any atom is 0.276 e. The quantitative estimate of drug-likeness (QED) is 0.871. The second kappa shape index (κ2) is 6.89. The lowest BCUT2D eigenvalue weighted by atomic mass is 10.3. The predicted octanol–water partition coefficient (Wildman–Crippen LogP) is 2.22. The number of thiazole rings is 1. The summed E-state index contributed by atoms with van der Waals surface area (Å²) < 4.78 is 31.6. The molecule has 0 aliphatic rings. The van der Waals surface area contributed by atoms with Gasteiger partial charge in [-0.15, -0.1) is 11.3 Å². The van der Waals surface area contributed by atoms with E-state index in [4.69, 9.17) is 4.74 Å². The topological polar surface area (TPSA) is 85.4 Å². The van der Waals surface area contributed by atoms with E-state index in [0.717, 1.165) is 5.01 Å². The maximum absolute atomic E-state index is 12.2. The zero-order valence-electron chi connectivity index (χ0n) is 12.2. The molecule has 0 spiro atoms. The Labute approximate surface area is 133 Å². The summed E-state index contributed by atoms with van der Waals surface area (Å²) in [5, 5.41) is 0.781. The third-order valence-electron chi connectivity index (χ3n) is 2.75. The van der Waals surface area contributed by atoms with Gasteiger partial charge >= 0.3 is 0 Å². The minimum atomic E-state index is -3.91. The first kappa shape index (κ1) is 16.4. The number of rotatable bonds is 6. The van der Waals surface area contributed by atoms with Crippen molar-refractivity contribution in [3.8, 4) is 5.75 Å². The highest BCUT2D eigenvalue weighted by molar-refractivity contribution is 7.90. The second-order valence-electron chi connectivity index (χ2n) is 4.31. The number of carbonyl (C=O) groups is 1. The van der Waals surface area contributed by atoms with Crippen LogP contribution in [0.25, 0.3) is 0 Å². The van der Waals surface area contributed by atoms with E-state index in [2.05, 4.69) is 4.98 Å². The number of nitrogens with one attached hydrogen (secondary N) is 1. The molecule has 0 saturated heterocycles. The van der Waals surface area contributed by atoms with Crippen LogP contribution in [0.4, 0.5) is 0 Å². The van der Waals surface area contributed by atoms with E-state index >= 15 is 0 Å². The van der Waals surface area contributed by atoms with Crippen molar-refractivity contribution in [3.05, 3.63) is 40.3 Å². The summed E-state index contributed by atoms with van der Waals surface area (Å²) in [6.45, 7) is 4.25. The molecule has 1 N–H and O–H groups in total. The van der Waals surface area contributed by atoms with Crippen molar-refractivity contribution in [2.75, 3.05) is 6.61 Å². The lowest BCUT2D eigenvalue weighted by Crippen LogP contribution is -2.29. The third kappa shape index (κ3) is 3.83. The summed E-state index contributed by atoms with van der Waals surface area (Å²) in [5.41, 5.74) is 0.